The third-order valence-corrected chi connectivity index (χ3v) is 3.76. The van der Waals surface area contributed by atoms with Gasteiger partial charge in [0.15, 0.2) is 0 Å². The van der Waals surface area contributed by atoms with Crippen molar-refractivity contribution in [3.8, 4) is 0 Å². The number of rotatable bonds is 7. The summed E-state index contributed by atoms with van der Waals surface area (Å²) in [5, 5.41) is 5.33. The minimum Gasteiger partial charge on any atom is -0.381 e. The molecule has 1 heterocycles. The van der Waals surface area contributed by atoms with Crippen molar-refractivity contribution >= 4 is 11.8 Å². The van der Waals surface area contributed by atoms with Crippen molar-refractivity contribution in [3.05, 3.63) is 0 Å². The summed E-state index contributed by atoms with van der Waals surface area (Å²) in [6, 6.07) is -0.662. The molecule has 0 radical (unpaired) electrons. The van der Waals surface area contributed by atoms with E-state index in [1.54, 1.807) is 20.9 Å². The number of carbonyl (C=O) groups excluding carboxylic acids is 2. The molecule has 0 spiro atoms. The van der Waals surface area contributed by atoms with Gasteiger partial charge in [0.1, 0.15) is 6.04 Å². The summed E-state index contributed by atoms with van der Waals surface area (Å²) >= 11 is 0. The van der Waals surface area contributed by atoms with Gasteiger partial charge in [0, 0.05) is 26.2 Å². The molecule has 2 amide bonds. The molecule has 0 aliphatic carbocycles. The monoisotopic (exact) mass is 300 g/mol. The summed E-state index contributed by atoms with van der Waals surface area (Å²) < 4.78 is 11.1. The van der Waals surface area contributed by atoms with Crippen LogP contribution in [0.25, 0.3) is 0 Å². The first-order chi connectivity index (χ1) is 9.95. The zero-order chi connectivity index (χ0) is 15.8. The molecule has 0 aromatic carbocycles. The number of likely N-dealkylation sites (N-methyl/N-ethyl adjacent to an activating group) is 1. The fourth-order valence-electron chi connectivity index (χ4n) is 2.17. The molecule has 21 heavy (non-hydrogen) atoms. The molecule has 2 atom stereocenters. The topological polar surface area (TPSA) is 76.7 Å². The van der Waals surface area contributed by atoms with Gasteiger partial charge in [0.05, 0.1) is 12.7 Å². The second-order valence-corrected chi connectivity index (χ2v) is 5.85. The molecule has 1 saturated heterocycles. The minimum atomic E-state index is -0.662. The second kappa shape index (κ2) is 9.00. The van der Waals surface area contributed by atoms with Crippen LogP contribution in [0.4, 0.5) is 0 Å². The van der Waals surface area contributed by atoms with Crippen molar-refractivity contribution in [1.29, 1.82) is 0 Å². The normalized spacial score (nSPS) is 19.1. The highest BCUT2D eigenvalue weighted by atomic mass is 16.5. The van der Waals surface area contributed by atoms with E-state index in [0.717, 1.165) is 26.1 Å². The summed E-state index contributed by atoms with van der Waals surface area (Å²) in [6.45, 7) is 7.54. The fourth-order valence-corrected chi connectivity index (χ4v) is 2.17. The van der Waals surface area contributed by atoms with Gasteiger partial charge in [-0.15, -0.1) is 0 Å². The van der Waals surface area contributed by atoms with Crippen LogP contribution in [0.2, 0.25) is 0 Å². The summed E-state index contributed by atoms with van der Waals surface area (Å²) in [5.74, 6) is -0.0826. The lowest BCUT2D eigenvalue weighted by molar-refractivity contribution is -0.134. The van der Waals surface area contributed by atoms with Crippen LogP contribution < -0.4 is 10.6 Å². The number of hydrogen-bond acceptors (Lipinski definition) is 4. The van der Waals surface area contributed by atoms with E-state index in [1.807, 2.05) is 6.92 Å². The standard InChI is InChI=1S/C15H28N2O4/c1-10(2)14(18)17-13(15(19)16-4)11(3)21-9-12-5-7-20-8-6-12/h10-13H,5-9H2,1-4H3,(H,16,19)(H,17,18). The summed E-state index contributed by atoms with van der Waals surface area (Å²) in [6.07, 6.45) is 1.60. The Hall–Kier alpha value is -1.14. The molecule has 6 nitrogen and oxygen atoms in total. The Morgan fingerprint density at radius 3 is 2.33 bits per heavy atom. The van der Waals surface area contributed by atoms with E-state index in [9.17, 15) is 9.59 Å². The van der Waals surface area contributed by atoms with Gasteiger partial charge in [-0.3, -0.25) is 9.59 Å². The third-order valence-electron chi connectivity index (χ3n) is 3.76. The van der Waals surface area contributed by atoms with E-state index >= 15 is 0 Å². The van der Waals surface area contributed by atoms with Crippen molar-refractivity contribution < 1.29 is 19.1 Å². The van der Waals surface area contributed by atoms with Crippen LogP contribution in [0.1, 0.15) is 33.6 Å². The van der Waals surface area contributed by atoms with Crippen molar-refractivity contribution in [3.63, 3.8) is 0 Å². The Kier molecular flexibility index (Phi) is 7.67. The van der Waals surface area contributed by atoms with E-state index < -0.39 is 6.04 Å². The van der Waals surface area contributed by atoms with E-state index in [1.165, 1.54) is 0 Å². The zero-order valence-corrected chi connectivity index (χ0v) is 13.5. The van der Waals surface area contributed by atoms with E-state index in [-0.39, 0.29) is 23.8 Å². The van der Waals surface area contributed by atoms with Gasteiger partial charge in [-0.1, -0.05) is 13.8 Å². The van der Waals surface area contributed by atoms with E-state index in [4.69, 9.17) is 9.47 Å². The predicted molar refractivity (Wildman–Crippen MR) is 79.8 cm³/mol. The Labute approximate surface area is 126 Å². The maximum atomic E-state index is 11.9. The Balaban J connectivity index is 2.51. The first-order valence-corrected chi connectivity index (χ1v) is 7.67. The largest absolute Gasteiger partial charge is 0.381 e. The van der Waals surface area contributed by atoms with Gasteiger partial charge in [-0.25, -0.2) is 0 Å². The van der Waals surface area contributed by atoms with Crippen LogP contribution in [0, 0.1) is 11.8 Å². The molecule has 2 N–H and O–H groups in total. The Bertz CT molecular complexity index is 341. The highest BCUT2D eigenvalue weighted by molar-refractivity contribution is 5.88. The van der Waals surface area contributed by atoms with Gasteiger partial charge in [0.2, 0.25) is 11.8 Å². The lowest BCUT2D eigenvalue weighted by Crippen LogP contribution is -2.53. The average Bonchev–Trinajstić information content (AvgIpc) is 2.50. The molecule has 1 aliphatic heterocycles. The van der Waals surface area contributed by atoms with Gasteiger partial charge in [-0.2, -0.15) is 0 Å². The van der Waals surface area contributed by atoms with Crippen LogP contribution in [-0.2, 0) is 19.1 Å². The van der Waals surface area contributed by atoms with Crippen molar-refractivity contribution in [1.82, 2.24) is 10.6 Å². The number of amides is 2. The van der Waals surface area contributed by atoms with Gasteiger partial charge < -0.3 is 20.1 Å². The number of nitrogens with one attached hydrogen (secondary N) is 2. The molecule has 0 aromatic rings. The van der Waals surface area contributed by atoms with Crippen LogP contribution in [-0.4, -0.2) is 50.8 Å². The van der Waals surface area contributed by atoms with Gasteiger partial charge in [0.25, 0.3) is 0 Å². The molecule has 2 unspecified atom stereocenters. The quantitative estimate of drug-likeness (QED) is 0.726. The fraction of sp³-hybridized carbons (Fsp3) is 0.867. The molecule has 0 aromatic heterocycles. The lowest BCUT2D eigenvalue weighted by atomic mass is 10.0. The van der Waals surface area contributed by atoms with E-state index in [0.29, 0.717) is 12.5 Å². The molecule has 0 bridgehead atoms. The minimum absolute atomic E-state index is 0.148. The highest BCUT2D eigenvalue weighted by Crippen LogP contribution is 2.16. The van der Waals surface area contributed by atoms with Crippen molar-refractivity contribution in [2.75, 3.05) is 26.9 Å². The molecule has 6 heteroatoms. The molecule has 122 valence electrons. The molecular formula is C15H28N2O4. The van der Waals surface area contributed by atoms with Gasteiger partial charge in [-0.05, 0) is 25.7 Å². The predicted octanol–water partition coefficient (Wildman–Crippen LogP) is 0.705. The molecule has 0 saturated carbocycles. The van der Waals surface area contributed by atoms with Crippen LogP contribution in [0.5, 0.6) is 0 Å². The van der Waals surface area contributed by atoms with Crippen LogP contribution in [0.15, 0.2) is 0 Å². The van der Waals surface area contributed by atoms with Gasteiger partial charge >= 0.3 is 0 Å². The number of hydrogen-bond donors (Lipinski definition) is 2. The maximum absolute atomic E-state index is 11.9. The zero-order valence-electron chi connectivity index (χ0n) is 13.5. The third kappa shape index (κ3) is 6.01. The summed E-state index contributed by atoms with van der Waals surface area (Å²) in [4.78, 5) is 23.8. The number of ether oxygens (including phenoxy) is 2. The smallest absolute Gasteiger partial charge is 0.245 e. The van der Waals surface area contributed by atoms with Crippen LogP contribution >= 0.6 is 0 Å². The van der Waals surface area contributed by atoms with Crippen LogP contribution in [0.3, 0.4) is 0 Å². The van der Waals surface area contributed by atoms with E-state index in [2.05, 4.69) is 10.6 Å². The molecule has 1 fully saturated rings. The Morgan fingerprint density at radius 1 is 1.19 bits per heavy atom. The Morgan fingerprint density at radius 2 is 1.81 bits per heavy atom. The highest BCUT2D eigenvalue weighted by Gasteiger charge is 2.28. The maximum Gasteiger partial charge on any atom is 0.245 e. The van der Waals surface area contributed by atoms with Crippen molar-refractivity contribution in [2.45, 2.75) is 45.8 Å². The first kappa shape index (κ1) is 17.9. The lowest BCUT2D eigenvalue weighted by Gasteiger charge is -2.28. The summed E-state index contributed by atoms with van der Waals surface area (Å²) in [7, 11) is 1.56. The van der Waals surface area contributed by atoms with Crippen molar-refractivity contribution in [2.24, 2.45) is 11.8 Å². The summed E-state index contributed by atoms with van der Waals surface area (Å²) in [5.41, 5.74) is 0. The second-order valence-electron chi connectivity index (χ2n) is 5.85. The number of carbonyl (C=O) groups is 2. The molecular weight excluding hydrogens is 272 g/mol. The molecule has 1 rings (SSSR count). The average molecular weight is 300 g/mol. The SMILES string of the molecule is CNC(=O)C(NC(=O)C(C)C)C(C)OCC1CCOCC1. The first-order valence-electron chi connectivity index (χ1n) is 7.67. The molecule has 1 aliphatic rings.